The predicted molar refractivity (Wildman–Crippen MR) is 120 cm³/mol. The van der Waals surface area contributed by atoms with E-state index < -0.39 is 11.6 Å². The number of benzene rings is 2. The fourth-order valence-electron chi connectivity index (χ4n) is 3.79. The van der Waals surface area contributed by atoms with Gasteiger partial charge in [0.15, 0.2) is 0 Å². The van der Waals surface area contributed by atoms with Gasteiger partial charge in [0.1, 0.15) is 18.0 Å². The van der Waals surface area contributed by atoms with Gasteiger partial charge in [0.25, 0.3) is 0 Å². The maximum atomic E-state index is 13.5. The highest BCUT2D eigenvalue weighted by Crippen LogP contribution is 2.24. The Labute approximate surface area is 183 Å². The van der Waals surface area contributed by atoms with Crippen molar-refractivity contribution in [2.75, 3.05) is 44.0 Å². The number of nitrogens with zero attached hydrogens (tertiary/aromatic N) is 4. The molecule has 31 heavy (non-hydrogen) atoms. The third kappa shape index (κ3) is 5.56. The summed E-state index contributed by atoms with van der Waals surface area (Å²) in [5, 5.41) is 11.1. The summed E-state index contributed by atoms with van der Waals surface area (Å²) >= 11 is 0. The summed E-state index contributed by atoms with van der Waals surface area (Å²) in [6.07, 6.45) is 2.50. The molecule has 1 saturated heterocycles. The van der Waals surface area contributed by atoms with Crippen LogP contribution in [0.1, 0.15) is 14.8 Å². The first-order valence-electron chi connectivity index (χ1n) is 10.2. The molecule has 0 radical (unpaired) electrons. The normalized spacial score (nSPS) is 16.6. The Bertz CT molecular complexity index is 1030. The molecule has 0 spiro atoms. The van der Waals surface area contributed by atoms with E-state index in [2.05, 4.69) is 31.7 Å². The molecule has 0 amide bonds. The van der Waals surface area contributed by atoms with Crippen LogP contribution in [-0.4, -0.2) is 59.1 Å². The highest BCUT2D eigenvalue weighted by Gasteiger charge is 2.22. The Morgan fingerprint density at radius 3 is 2.68 bits per heavy atom. The Morgan fingerprint density at radius 1 is 1.13 bits per heavy atom. The number of anilines is 3. The van der Waals surface area contributed by atoms with Crippen molar-refractivity contribution in [2.45, 2.75) is 19.4 Å². The number of aryl methyl sites for hydroxylation is 1. The van der Waals surface area contributed by atoms with Crippen LogP contribution in [0.5, 0.6) is 0 Å². The summed E-state index contributed by atoms with van der Waals surface area (Å²) in [6, 6.07) is 9.71. The van der Waals surface area contributed by atoms with Crippen molar-refractivity contribution in [1.29, 1.82) is 0 Å². The van der Waals surface area contributed by atoms with E-state index in [0.29, 0.717) is 12.0 Å². The van der Waals surface area contributed by atoms with Crippen LogP contribution in [0.4, 0.5) is 26.1 Å². The number of nitrogens with one attached hydrogen (secondary N) is 2. The standard InChI is InChI=1S/C22H26F2N6O.2H2/c1-15-7-19(26-18-3-4-29(13-18)5-6-31-2)12-20(8-15)27-22-25-14-30(28-22)21-10-16(23)9-17(24)11-21;;/h7-12,14,18,26H,3-6,13H2,1-2H3,(H,27,28);2*1H. The van der Waals surface area contributed by atoms with Gasteiger partial charge in [-0.15, -0.1) is 5.10 Å². The molecule has 1 unspecified atom stereocenters. The third-order valence-electron chi connectivity index (χ3n) is 5.19. The quantitative estimate of drug-likeness (QED) is 0.556. The van der Waals surface area contributed by atoms with E-state index >= 15 is 0 Å². The lowest BCUT2D eigenvalue weighted by molar-refractivity contribution is 0.160. The first-order valence-corrected chi connectivity index (χ1v) is 10.2. The van der Waals surface area contributed by atoms with Gasteiger partial charge in [-0.25, -0.2) is 13.5 Å². The molecule has 2 N–H and O–H groups in total. The van der Waals surface area contributed by atoms with Crippen LogP contribution < -0.4 is 10.6 Å². The maximum Gasteiger partial charge on any atom is 0.246 e. The lowest BCUT2D eigenvalue weighted by atomic mass is 10.1. The average Bonchev–Trinajstić information content (AvgIpc) is 3.35. The number of halogens is 2. The second-order valence-electron chi connectivity index (χ2n) is 7.78. The minimum atomic E-state index is -0.665. The van der Waals surface area contributed by atoms with E-state index in [1.807, 2.05) is 19.1 Å². The molecule has 1 aromatic heterocycles. The van der Waals surface area contributed by atoms with Gasteiger partial charge in [-0.2, -0.15) is 4.98 Å². The molecule has 9 heteroatoms. The number of methoxy groups -OCH3 is 1. The van der Waals surface area contributed by atoms with Gasteiger partial charge in [-0.1, -0.05) is 0 Å². The van der Waals surface area contributed by atoms with Crippen molar-refractivity contribution in [2.24, 2.45) is 0 Å². The van der Waals surface area contributed by atoms with Gasteiger partial charge in [0.2, 0.25) is 5.95 Å². The fraction of sp³-hybridized carbons (Fsp3) is 0.364. The summed E-state index contributed by atoms with van der Waals surface area (Å²) in [6.45, 7) is 5.75. The van der Waals surface area contributed by atoms with Gasteiger partial charge in [0.05, 0.1) is 12.3 Å². The van der Waals surface area contributed by atoms with Crippen molar-refractivity contribution < 1.29 is 16.4 Å². The highest BCUT2D eigenvalue weighted by atomic mass is 19.1. The van der Waals surface area contributed by atoms with E-state index in [4.69, 9.17) is 4.74 Å². The summed E-state index contributed by atoms with van der Waals surface area (Å²) < 4.78 is 33.4. The minimum Gasteiger partial charge on any atom is -0.383 e. The first-order chi connectivity index (χ1) is 15.0. The Balaban J connectivity index is 0.00000193. The predicted octanol–water partition coefficient (Wildman–Crippen LogP) is 4.22. The van der Waals surface area contributed by atoms with Crippen LogP contribution in [0.15, 0.2) is 42.7 Å². The molecule has 7 nitrogen and oxygen atoms in total. The van der Waals surface area contributed by atoms with Gasteiger partial charge >= 0.3 is 0 Å². The molecule has 3 aromatic rings. The summed E-state index contributed by atoms with van der Waals surface area (Å²) in [5.74, 6) is -0.989. The van der Waals surface area contributed by atoms with E-state index in [9.17, 15) is 8.78 Å². The minimum absolute atomic E-state index is 0. The number of hydrogen-bond donors (Lipinski definition) is 2. The SMILES string of the molecule is COCCN1CCC(Nc2cc(C)cc(Nc3ncn(-c4cc(F)cc(F)c4)n3)c2)C1.[HH].[HH]. The zero-order valence-corrected chi connectivity index (χ0v) is 17.6. The van der Waals surface area contributed by atoms with Gasteiger partial charge in [0, 0.05) is 53.1 Å². The van der Waals surface area contributed by atoms with Crippen molar-refractivity contribution >= 4 is 17.3 Å². The van der Waals surface area contributed by atoms with E-state index in [1.165, 1.54) is 23.1 Å². The number of hydrogen-bond acceptors (Lipinski definition) is 6. The monoisotopic (exact) mass is 432 g/mol. The maximum absolute atomic E-state index is 13.5. The van der Waals surface area contributed by atoms with E-state index in [1.54, 1.807) is 7.11 Å². The molecular weight excluding hydrogens is 402 g/mol. The molecule has 1 fully saturated rings. The molecule has 0 bridgehead atoms. The second kappa shape index (κ2) is 9.40. The smallest absolute Gasteiger partial charge is 0.246 e. The van der Waals surface area contributed by atoms with Gasteiger partial charge < -0.3 is 15.4 Å². The van der Waals surface area contributed by atoms with Crippen LogP contribution in [0, 0.1) is 18.6 Å². The first kappa shape index (κ1) is 21.2. The van der Waals surface area contributed by atoms with Crippen LogP contribution in [0.3, 0.4) is 0 Å². The lowest BCUT2D eigenvalue weighted by Gasteiger charge is -2.18. The summed E-state index contributed by atoms with van der Waals surface area (Å²) in [4.78, 5) is 6.60. The lowest BCUT2D eigenvalue weighted by Crippen LogP contribution is -2.28. The Morgan fingerprint density at radius 2 is 1.90 bits per heavy atom. The zero-order valence-electron chi connectivity index (χ0n) is 17.6. The van der Waals surface area contributed by atoms with Gasteiger partial charge in [-0.05, 0) is 49.2 Å². The Kier molecular flexibility index (Phi) is 6.43. The molecule has 0 aliphatic carbocycles. The molecule has 1 aliphatic heterocycles. The van der Waals surface area contributed by atoms with Crippen molar-refractivity contribution in [3.63, 3.8) is 0 Å². The summed E-state index contributed by atoms with van der Waals surface area (Å²) in [5.41, 5.74) is 3.21. The van der Waals surface area contributed by atoms with Crippen molar-refractivity contribution in [1.82, 2.24) is 19.7 Å². The van der Waals surface area contributed by atoms with Crippen LogP contribution in [0.2, 0.25) is 0 Å². The van der Waals surface area contributed by atoms with E-state index in [0.717, 1.165) is 55.7 Å². The Hall–Kier alpha value is -3.04. The number of ether oxygens (including phenoxy) is 1. The largest absolute Gasteiger partial charge is 0.383 e. The van der Waals surface area contributed by atoms with Crippen LogP contribution >= 0.6 is 0 Å². The molecule has 0 saturated carbocycles. The average molecular weight is 433 g/mol. The van der Waals surface area contributed by atoms with Gasteiger partial charge in [-0.3, -0.25) is 4.90 Å². The highest BCUT2D eigenvalue weighted by molar-refractivity contribution is 5.63. The molecule has 168 valence electrons. The second-order valence-corrected chi connectivity index (χ2v) is 7.78. The zero-order chi connectivity index (χ0) is 21.8. The van der Waals surface area contributed by atoms with Crippen LogP contribution in [-0.2, 0) is 4.74 Å². The van der Waals surface area contributed by atoms with Crippen molar-refractivity contribution in [3.8, 4) is 5.69 Å². The summed E-state index contributed by atoms with van der Waals surface area (Å²) in [7, 11) is 1.72. The van der Waals surface area contributed by atoms with E-state index in [-0.39, 0.29) is 8.54 Å². The third-order valence-corrected chi connectivity index (χ3v) is 5.19. The molecular formula is C22H30F2N6O. The molecule has 1 atom stereocenters. The molecule has 2 aromatic carbocycles. The van der Waals surface area contributed by atoms with Crippen LogP contribution in [0.25, 0.3) is 5.69 Å². The molecule has 2 heterocycles. The topological polar surface area (TPSA) is 67.2 Å². The fourth-order valence-corrected chi connectivity index (χ4v) is 3.79. The van der Waals surface area contributed by atoms with Crippen molar-refractivity contribution in [3.05, 3.63) is 59.9 Å². The molecule has 1 aliphatic rings. The number of aromatic nitrogens is 3. The number of rotatable bonds is 8. The molecule has 4 rings (SSSR count). The number of likely N-dealkylation sites (tertiary alicyclic amines) is 1.